The van der Waals surface area contributed by atoms with Gasteiger partial charge in [-0.05, 0) is 56.9 Å². The number of ether oxygens (including phenoxy) is 1. The number of fused-ring (bicyclic) bond motifs is 1. The van der Waals surface area contributed by atoms with Crippen molar-refractivity contribution < 1.29 is 19.4 Å². The summed E-state index contributed by atoms with van der Waals surface area (Å²) in [4.78, 5) is 28.5. The van der Waals surface area contributed by atoms with Crippen molar-refractivity contribution >= 4 is 12.1 Å². The maximum Gasteiger partial charge on any atom is 0.410 e. The molecule has 4 atom stereocenters. The van der Waals surface area contributed by atoms with E-state index in [2.05, 4.69) is 16.6 Å². The van der Waals surface area contributed by atoms with E-state index in [0.717, 1.165) is 0 Å². The second-order valence-corrected chi connectivity index (χ2v) is 7.56. The van der Waals surface area contributed by atoms with Crippen molar-refractivity contribution in [2.45, 2.75) is 44.8 Å². The smallest absolute Gasteiger partial charge is 0.410 e. The minimum atomic E-state index is -1.46. The van der Waals surface area contributed by atoms with Gasteiger partial charge in [-0.2, -0.15) is 0 Å². The van der Waals surface area contributed by atoms with Crippen molar-refractivity contribution in [1.82, 2.24) is 4.90 Å². The number of hydrogen-bond acceptors (Lipinski definition) is 4. The first kappa shape index (κ1) is 18.1. The first-order chi connectivity index (χ1) is 11.1. The highest BCUT2D eigenvalue weighted by molar-refractivity contribution is 5.80. The van der Waals surface area contributed by atoms with Gasteiger partial charge in [0.15, 0.2) is 0 Å². The molecule has 2 aliphatic rings. The van der Waals surface area contributed by atoms with Crippen LogP contribution in [0.2, 0.25) is 0 Å². The Labute approximate surface area is 141 Å². The first-order valence-electron chi connectivity index (χ1n) is 8.03. The summed E-state index contributed by atoms with van der Waals surface area (Å²) in [5.74, 6) is -1.55. The molecule has 1 heterocycles. The lowest BCUT2D eigenvalue weighted by Gasteiger charge is -2.30. The summed E-state index contributed by atoms with van der Waals surface area (Å²) >= 11 is 0. The Balaban J connectivity index is 2.22. The molecule has 0 aromatic rings. The summed E-state index contributed by atoms with van der Waals surface area (Å²) in [5, 5.41) is 13.3. The highest BCUT2D eigenvalue weighted by Gasteiger charge is 2.60. The van der Waals surface area contributed by atoms with Gasteiger partial charge in [-0.15, -0.1) is 6.58 Å². The van der Waals surface area contributed by atoms with E-state index in [1.807, 2.05) is 0 Å². The molecule has 2 rings (SSSR count). The Kier molecular flexibility index (Phi) is 4.80. The van der Waals surface area contributed by atoms with Crippen molar-refractivity contribution in [3.05, 3.63) is 23.1 Å². The van der Waals surface area contributed by atoms with E-state index in [9.17, 15) is 14.7 Å². The molecular weight excluding hydrogens is 312 g/mol. The molecule has 1 aliphatic carbocycles. The maximum atomic E-state index is 12.3. The Morgan fingerprint density at radius 1 is 1.50 bits per heavy atom. The second-order valence-electron chi connectivity index (χ2n) is 7.56. The van der Waals surface area contributed by atoms with Crippen LogP contribution in [0.4, 0.5) is 4.79 Å². The zero-order chi connectivity index (χ0) is 18.1. The molecule has 0 unspecified atom stereocenters. The molecule has 8 nitrogen and oxygen atoms in total. The highest BCUT2D eigenvalue weighted by atomic mass is 16.6. The van der Waals surface area contributed by atoms with Gasteiger partial charge in [0, 0.05) is 18.0 Å². The molecule has 1 amide bonds. The fraction of sp³-hybridized carbons (Fsp3) is 0.750. The van der Waals surface area contributed by atoms with Gasteiger partial charge in [0.25, 0.3) is 0 Å². The van der Waals surface area contributed by atoms with Crippen LogP contribution in [0.5, 0.6) is 0 Å². The molecule has 132 valence electrons. The molecule has 0 aromatic carbocycles. The van der Waals surface area contributed by atoms with E-state index in [1.165, 1.54) is 0 Å². The van der Waals surface area contributed by atoms with Crippen LogP contribution < -0.4 is 0 Å². The summed E-state index contributed by atoms with van der Waals surface area (Å²) in [7, 11) is 0. The van der Waals surface area contributed by atoms with Gasteiger partial charge in [0.05, 0.1) is 0 Å². The zero-order valence-corrected chi connectivity index (χ0v) is 14.3. The third-order valence-electron chi connectivity index (χ3n) is 4.86. The summed E-state index contributed by atoms with van der Waals surface area (Å²) in [6, 6.07) is 0. The molecule has 1 N–H and O–H groups in total. The van der Waals surface area contributed by atoms with E-state index >= 15 is 0 Å². The molecule has 2 fully saturated rings. The van der Waals surface area contributed by atoms with Crippen LogP contribution in [-0.2, 0) is 9.53 Å². The number of aliphatic carboxylic acids is 1. The fourth-order valence-corrected chi connectivity index (χ4v) is 3.98. The Bertz CT molecular complexity index is 589. The molecule has 0 aromatic heterocycles. The zero-order valence-electron chi connectivity index (χ0n) is 14.3. The molecule has 1 saturated heterocycles. The normalized spacial score (nSPS) is 32.0. The summed E-state index contributed by atoms with van der Waals surface area (Å²) in [6.07, 6.45) is 1.91. The van der Waals surface area contributed by atoms with Gasteiger partial charge in [-0.3, -0.25) is 4.79 Å². The highest BCUT2D eigenvalue weighted by Crippen LogP contribution is 2.52. The van der Waals surface area contributed by atoms with Crippen molar-refractivity contribution in [3.63, 3.8) is 0 Å². The number of azide groups is 1. The summed E-state index contributed by atoms with van der Waals surface area (Å²) in [6.45, 7) is 9.94. The van der Waals surface area contributed by atoms with E-state index in [1.54, 1.807) is 31.7 Å². The lowest BCUT2D eigenvalue weighted by atomic mass is 9.81. The number of hydrogen-bond donors (Lipinski definition) is 1. The quantitative estimate of drug-likeness (QED) is 0.367. The van der Waals surface area contributed by atoms with Crippen molar-refractivity contribution in [2.75, 3.05) is 13.1 Å². The van der Waals surface area contributed by atoms with Crippen LogP contribution >= 0.6 is 0 Å². The van der Waals surface area contributed by atoms with Gasteiger partial charge in [-0.25, -0.2) is 4.79 Å². The topological polar surface area (TPSA) is 116 Å². The summed E-state index contributed by atoms with van der Waals surface area (Å²) < 4.78 is 5.40. The van der Waals surface area contributed by atoms with Crippen LogP contribution in [0.25, 0.3) is 10.4 Å². The fourth-order valence-electron chi connectivity index (χ4n) is 3.98. The van der Waals surface area contributed by atoms with Crippen LogP contribution in [-0.4, -0.2) is 46.3 Å². The number of amides is 1. The molecule has 0 radical (unpaired) electrons. The maximum absolute atomic E-state index is 12.3. The first-order valence-corrected chi connectivity index (χ1v) is 8.03. The number of nitrogens with zero attached hydrogens (tertiary/aromatic N) is 4. The number of carbonyl (C=O) groups excluding carboxylic acids is 1. The molecule has 0 spiro atoms. The molecule has 0 bridgehead atoms. The van der Waals surface area contributed by atoms with E-state index in [0.29, 0.717) is 19.5 Å². The van der Waals surface area contributed by atoms with E-state index < -0.39 is 17.1 Å². The average Bonchev–Trinajstić information content (AvgIpc) is 2.96. The largest absolute Gasteiger partial charge is 0.481 e. The standard InChI is InChI=1S/C16H24N4O4/c1-5-6-12-11-9-20(14(23)24-15(2,3)4)8-10(11)7-16(12,13(21)22)18-19-17/h5,10-12H,1,6-9H2,2-4H3,(H,21,22)/t10-,11+,12-,16-/m0/s1. The third-order valence-corrected chi connectivity index (χ3v) is 4.86. The lowest BCUT2D eigenvalue weighted by molar-refractivity contribution is -0.145. The molecular formula is C16H24N4O4. The Hall–Kier alpha value is -2.21. The van der Waals surface area contributed by atoms with Crippen LogP contribution in [0.3, 0.4) is 0 Å². The molecule has 1 saturated carbocycles. The predicted molar refractivity (Wildman–Crippen MR) is 87.2 cm³/mol. The number of carbonyl (C=O) groups is 2. The SMILES string of the molecule is C=CC[C@H]1[C@@H]2CN(C(=O)OC(C)(C)C)C[C@@H]2C[C@@]1(N=[N+]=[N-])C(=O)O. The van der Waals surface area contributed by atoms with Gasteiger partial charge < -0.3 is 14.7 Å². The summed E-state index contributed by atoms with van der Waals surface area (Å²) in [5.41, 5.74) is 6.80. The van der Waals surface area contributed by atoms with Crippen molar-refractivity contribution in [3.8, 4) is 0 Å². The predicted octanol–water partition coefficient (Wildman–Crippen LogP) is 3.20. The van der Waals surface area contributed by atoms with Gasteiger partial charge >= 0.3 is 12.1 Å². The van der Waals surface area contributed by atoms with Crippen LogP contribution in [0.1, 0.15) is 33.6 Å². The van der Waals surface area contributed by atoms with E-state index in [4.69, 9.17) is 10.3 Å². The van der Waals surface area contributed by atoms with Crippen molar-refractivity contribution in [1.29, 1.82) is 0 Å². The minimum absolute atomic E-state index is 0.0240. The molecule has 1 aliphatic heterocycles. The number of carboxylic acids is 1. The lowest BCUT2D eigenvalue weighted by Crippen LogP contribution is -2.44. The second kappa shape index (κ2) is 6.36. The number of allylic oxidation sites excluding steroid dienone is 1. The Morgan fingerprint density at radius 2 is 2.17 bits per heavy atom. The van der Waals surface area contributed by atoms with Crippen LogP contribution in [0, 0.1) is 17.8 Å². The van der Waals surface area contributed by atoms with Crippen molar-refractivity contribution in [2.24, 2.45) is 22.9 Å². The monoisotopic (exact) mass is 336 g/mol. The molecule has 8 heteroatoms. The van der Waals surface area contributed by atoms with E-state index in [-0.39, 0.29) is 30.3 Å². The average molecular weight is 336 g/mol. The minimum Gasteiger partial charge on any atom is -0.481 e. The van der Waals surface area contributed by atoms with Gasteiger partial charge in [0.1, 0.15) is 11.1 Å². The number of likely N-dealkylation sites (tertiary alicyclic amines) is 1. The molecule has 24 heavy (non-hydrogen) atoms. The Morgan fingerprint density at radius 3 is 2.67 bits per heavy atom. The third kappa shape index (κ3) is 3.19. The number of rotatable bonds is 4. The van der Waals surface area contributed by atoms with Crippen LogP contribution in [0.15, 0.2) is 17.8 Å². The van der Waals surface area contributed by atoms with Gasteiger partial charge in [-0.1, -0.05) is 11.2 Å². The van der Waals surface area contributed by atoms with Gasteiger partial charge in [0.2, 0.25) is 0 Å². The number of carboxylic acid groups (broad SMARTS) is 1.